The lowest BCUT2D eigenvalue weighted by Crippen LogP contribution is -2.32. The molecule has 4 nitrogen and oxygen atoms in total. The third-order valence-electron chi connectivity index (χ3n) is 3.51. The standard InChI is InChI=1S/C15H16ClN3OS/c1-17-14-13(16)6-11(7-18-14)15(20)19(12-2-3-12)8-10-4-5-21-9-10/h4-7,9,12H,2-3,8H2,1H3,(H,17,18). The highest BCUT2D eigenvalue weighted by Crippen LogP contribution is 2.31. The minimum absolute atomic E-state index is 0.000697. The van der Waals surface area contributed by atoms with Crippen molar-refractivity contribution < 1.29 is 4.79 Å². The zero-order valence-corrected chi connectivity index (χ0v) is 13.2. The van der Waals surface area contributed by atoms with E-state index in [0.29, 0.717) is 29.0 Å². The number of aromatic nitrogens is 1. The smallest absolute Gasteiger partial charge is 0.256 e. The Labute approximate surface area is 132 Å². The molecule has 0 atom stereocenters. The van der Waals surface area contributed by atoms with Crippen molar-refractivity contribution in [3.63, 3.8) is 0 Å². The van der Waals surface area contributed by atoms with Crippen LogP contribution in [0.5, 0.6) is 0 Å². The largest absolute Gasteiger partial charge is 0.372 e. The number of pyridine rings is 1. The van der Waals surface area contributed by atoms with Crippen molar-refractivity contribution in [1.82, 2.24) is 9.88 Å². The van der Waals surface area contributed by atoms with Crippen LogP contribution >= 0.6 is 22.9 Å². The molecular formula is C15H16ClN3OS. The minimum atomic E-state index is 0.000697. The van der Waals surface area contributed by atoms with E-state index in [9.17, 15) is 4.79 Å². The first-order chi connectivity index (χ1) is 10.2. The fourth-order valence-electron chi connectivity index (χ4n) is 2.24. The lowest BCUT2D eigenvalue weighted by atomic mass is 10.2. The number of nitrogens with one attached hydrogen (secondary N) is 1. The van der Waals surface area contributed by atoms with Crippen LogP contribution in [0.2, 0.25) is 5.02 Å². The molecule has 110 valence electrons. The molecule has 0 radical (unpaired) electrons. The topological polar surface area (TPSA) is 45.2 Å². The second kappa shape index (κ2) is 6.03. The molecule has 21 heavy (non-hydrogen) atoms. The van der Waals surface area contributed by atoms with Crippen molar-refractivity contribution in [2.45, 2.75) is 25.4 Å². The Hall–Kier alpha value is -1.59. The Morgan fingerprint density at radius 1 is 1.57 bits per heavy atom. The van der Waals surface area contributed by atoms with Crippen LogP contribution in [0.1, 0.15) is 28.8 Å². The monoisotopic (exact) mass is 321 g/mol. The zero-order valence-electron chi connectivity index (χ0n) is 11.7. The molecular weight excluding hydrogens is 306 g/mol. The number of halogens is 1. The van der Waals surface area contributed by atoms with Crippen LogP contribution in [-0.4, -0.2) is 28.9 Å². The molecule has 1 amide bonds. The van der Waals surface area contributed by atoms with E-state index < -0.39 is 0 Å². The van der Waals surface area contributed by atoms with Gasteiger partial charge in [0.25, 0.3) is 5.91 Å². The number of thiophene rings is 1. The lowest BCUT2D eigenvalue weighted by molar-refractivity contribution is 0.0729. The van der Waals surface area contributed by atoms with Gasteiger partial charge in [0.2, 0.25) is 0 Å². The van der Waals surface area contributed by atoms with E-state index in [0.717, 1.165) is 12.8 Å². The van der Waals surface area contributed by atoms with Crippen LogP contribution in [-0.2, 0) is 6.54 Å². The van der Waals surface area contributed by atoms with Gasteiger partial charge < -0.3 is 10.2 Å². The second-order valence-corrected chi connectivity index (χ2v) is 6.29. The molecule has 1 saturated carbocycles. The molecule has 2 aromatic heterocycles. The third-order valence-corrected chi connectivity index (χ3v) is 4.53. The number of nitrogens with zero attached hydrogens (tertiary/aromatic N) is 2. The predicted octanol–water partition coefficient (Wildman–Crippen LogP) is 3.64. The van der Waals surface area contributed by atoms with Gasteiger partial charge in [-0.3, -0.25) is 4.79 Å². The van der Waals surface area contributed by atoms with Gasteiger partial charge in [-0.15, -0.1) is 0 Å². The summed E-state index contributed by atoms with van der Waals surface area (Å²) < 4.78 is 0. The SMILES string of the molecule is CNc1ncc(C(=O)N(Cc2ccsc2)C2CC2)cc1Cl. The maximum atomic E-state index is 12.7. The number of hydrogen-bond donors (Lipinski definition) is 1. The van der Waals surface area contributed by atoms with Crippen LogP contribution in [0, 0.1) is 0 Å². The number of carbonyl (C=O) groups excluding carboxylic acids is 1. The van der Waals surface area contributed by atoms with Crippen molar-refractivity contribution in [3.05, 3.63) is 45.2 Å². The van der Waals surface area contributed by atoms with E-state index in [1.54, 1.807) is 30.6 Å². The molecule has 1 aliphatic rings. The first kappa shape index (κ1) is 14.4. The summed E-state index contributed by atoms with van der Waals surface area (Å²) in [7, 11) is 1.75. The van der Waals surface area contributed by atoms with Crippen LogP contribution in [0.4, 0.5) is 5.82 Å². The normalized spacial score (nSPS) is 14.0. The van der Waals surface area contributed by atoms with Gasteiger partial charge in [-0.2, -0.15) is 11.3 Å². The summed E-state index contributed by atoms with van der Waals surface area (Å²) in [5.41, 5.74) is 1.72. The summed E-state index contributed by atoms with van der Waals surface area (Å²) >= 11 is 7.77. The molecule has 2 heterocycles. The molecule has 0 aliphatic heterocycles. The quantitative estimate of drug-likeness (QED) is 0.914. The molecule has 1 aliphatic carbocycles. The van der Waals surface area contributed by atoms with Gasteiger partial charge in [-0.05, 0) is 41.3 Å². The highest BCUT2D eigenvalue weighted by molar-refractivity contribution is 7.07. The van der Waals surface area contributed by atoms with Gasteiger partial charge in [-0.1, -0.05) is 11.6 Å². The molecule has 0 saturated heterocycles. The number of amides is 1. The third kappa shape index (κ3) is 3.19. The van der Waals surface area contributed by atoms with Gasteiger partial charge in [0.1, 0.15) is 5.82 Å². The van der Waals surface area contributed by atoms with E-state index in [1.807, 2.05) is 10.3 Å². The summed E-state index contributed by atoms with van der Waals surface area (Å²) in [6.07, 6.45) is 3.74. The first-order valence-electron chi connectivity index (χ1n) is 6.84. The molecule has 1 N–H and O–H groups in total. The lowest BCUT2D eigenvalue weighted by Gasteiger charge is -2.22. The Morgan fingerprint density at radius 2 is 2.38 bits per heavy atom. The Bertz CT molecular complexity index is 640. The molecule has 0 spiro atoms. The Kier molecular flexibility index (Phi) is 4.12. The van der Waals surface area contributed by atoms with Gasteiger partial charge in [0.05, 0.1) is 10.6 Å². The van der Waals surface area contributed by atoms with Crippen molar-refractivity contribution >= 4 is 34.7 Å². The summed E-state index contributed by atoms with van der Waals surface area (Å²) in [5, 5.41) is 7.48. The molecule has 0 unspecified atom stereocenters. The minimum Gasteiger partial charge on any atom is -0.372 e. The first-order valence-corrected chi connectivity index (χ1v) is 8.16. The van der Waals surface area contributed by atoms with E-state index in [-0.39, 0.29) is 5.91 Å². The molecule has 6 heteroatoms. The van der Waals surface area contributed by atoms with Gasteiger partial charge in [0, 0.05) is 25.8 Å². The van der Waals surface area contributed by atoms with Crippen molar-refractivity contribution in [2.75, 3.05) is 12.4 Å². The van der Waals surface area contributed by atoms with E-state index in [2.05, 4.69) is 21.7 Å². The number of anilines is 1. The van der Waals surface area contributed by atoms with Gasteiger partial charge >= 0.3 is 0 Å². The average Bonchev–Trinajstić information content (AvgIpc) is 3.20. The molecule has 1 fully saturated rings. The predicted molar refractivity (Wildman–Crippen MR) is 86.0 cm³/mol. The summed E-state index contributed by atoms with van der Waals surface area (Å²) in [6, 6.07) is 4.09. The fraction of sp³-hybridized carbons (Fsp3) is 0.333. The molecule has 0 aromatic carbocycles. The van der Waals surface area contributed by atoms with Crippen LogP contribution in [0.3, 0.4) is 0 Å². The second-order valence-electron chi connectivity index (χ2n) is 5.10. The van der Waals surface area contributed by atoms with Crippen molar-refractivity contribution in [1.29, 1.82) is 0 Å². The zero-order chi connectivity index (χ0) is 14.8. The highest BCUT2D eigenvalue weighted by atomic mass is 35.5. The van der Waals surface area contributed by atoms with Crippen molar-refractivity contribution in [3.8, 4) is 0 Å². The average molecular weight is 322 g/mol. The summed E-state index contributed by atoms with van der Waals surface area (Å²) in [4.78, 5) is 18.8. The highest BCUT2D eigenvalue weighted by Gasteiger charge is 2.33. The molecule has 2 aromatic rings. The van der Waals surface area contributed by atoms with E-state index in [4.69, 9.17) is 11.6 Å². The maximum absolute atomic E-state index is 12.7. The van der Waals surface area contributed by atoms with E-state index in [1.165, 1.54) is 5.56 Å². The van der Waals surface area contributed by atoms with Gasteiger partial charge in [-0.25, -0.2) is 4.98 Å². The molecule has 3 rings (SSSR count). The van der Waals surface area contributed by atoms with Crippen LogP contribution < -0.4 is 5.32 Å². The molecule has 0 bridgehead atoms. The fourth-order valence-corrected chi connectivity index (χ4v) is 3.16. The number of carbonyl (C=O) groups is 1. The van der Waals surface area contributed by atoms with E-state index >= 15 is 0 Å². The summed E-state index contributed by atoms with van der Waals surface area (Å²) in [5.74, 6) is 0.588. The Morgan fingerprint density at radius 3 is 2.95 bits per heavy atom. The van der Waals surface area contributed by atoms with Gasteiger partial charge in [0.15, 0.2) is 0 Å². The Balaban J connectivity index is 1.82. The summed E-state index contributed by atoms with van der Waals surface area (Å²) in [6.45, 7) is 0.651. The maximum Gasteiger partial charge on any atom is 0.256 e. The van der Waals surface area contributed by atoms with Crippen LogP contribution in [0.25, 0.3) is 0 Å². The number of hydrogen-bond acceptors (Lipinski definition) is 4. The van der Waals surface area contributed by atoms with Crippen LogP contribution in [0.15, 0.2) is 29.1 Å². The van der Waals surface area contributed by atoms with Crippen molar-refractivity contribution in [2.24, 2.45) is 0 Å². The number of rotatable bonds is 5.